The van der Waals surface area contributed by atoms with Crippen LogP contribution in [-0.2, 0) is 0 Å². The lowest BCUT2D eigenvalue weighted by Gasteiger charge is -2.24. The van der Waals surface area contributed by atoms with Crippen molar-refractivity contribution < 1.29 is 0 Å². The summed E-state index contributed by atoms with van der Waals surface area (Å²) < 4.78 is 0. The van der Waals surface area contributed by atoms with Crippen LogP contribution in [0, 0.1) is 0 Å². The first-order valence-corrected chi connectivity index (χ1v) is 4.72. The minimum Gasteiger partial charge on any atom is -0.315 e. The summed E-state index contributed by atoms with van der Waals surface area (Å²) in [5.41, 5.74) is 1.59. The maximum atomic E-state index is 3.89. The Morgan fingerprint density at radius 2 is 2.42 bits per heavy atom. The molecule has 0 spiro atoms. The Hall–Kier alpha value is -0.340. The van der Waals surface area contributed by atoms with E-state index in [0.717, 1.165) is 26.1 Å². The zero-order valence-corrected chi connectivity index (χ0v) is 8.24. The van der Waals surface area contributed by atoms with Crippen LogP contribution in [0.3, 0.4) is 0 Å². The molecular weight excluding hydrogens is 148 g/mol. The molecule has 0 aromatic carbocycles. The van der Waals surface area contributed by atoms with Gasteiger partial charge in [0.05, 0.1) is 0 Å². The van der Waals surface area contributed by atoms with Gasteiger partial charge in [-0.05, 0) is 39.8 Å². The standard InChI is InChI=1S/C10H20N2/c1-9(2)4-6-12-10(3)5-7-11-8-10/h11-12H,1,4-8H2,2-3H3. The van der Waals surface area contributed by atoms with Crippen LogP contribution in [0.15, 0.2) is 12.2 Å². The van der Waals surface area contributed by atoms with E-state index in [9.17, 15) is 0 Å². The average molecular weight is 168 g/mol. The Kier molecular flexibility index (Phi) is 3.29. The lowest BCUT2D eigenvalue weighted by molar-refractivity contribution is 0.391. The van der Waals surface area contributed by atoms with Crippen molar-refractivity contribution in [2.75, 3.05) is 19.6 Å². The highest BCUT2D eigenvalue weighted by atomic mass is 15.1. The Morgan fingerprint density at radius 1 is 1.67 bits per heavy atom. The first-order valence-electron chi connectivity index (χ1n) is 4.72. The van der Waals surface area contributed by atoms with Crippen LogP contribution < -0.4 is 10.6 Å². The summed E-state index contributed by atoms with van der Waals surface area (Å²) in [5, 5.41) is 6.93. The fraction of sp³-hybridized carbons (Fsp3) is 0.800. The summed E-state index contributed by atoms with van der Waals surface area (Å²) in [6, 6.07) is 0. The molecule has 1 saturated heterocycles. The van der Waals surface area contributed by atoms with Crippen molar-refractivity contribution in [3.8, 4) is 0 Å². The molecule has 1 atom stereocenters. The van der Waals surface area contributed by atoms with Gasteiger partial charge in [0, 0.05) is 12.1 Å². The topological polar surface area (TPSA) is 24.1 Å². The van der Waals surface area contributed by atoms with Crippen molar-refractivity contribution in [2.45, 2.75) is 32.2 Å². The van der Waals surface area contributed by atoms with E-state index >= 15 is 0 Å². The van der Waals surface area contributed by atoms with Crippen molar-refractivity contribution in [3.63, 3.8) is 0 Å². The van der Waals surface area contributed by atoms with Gasteiger partial charge in [0.15, 0.2) is 0 Å². The Labute approximate surface area is 75.4 Å². The van der Waals surface area contributed by atoms with Crippen LogP contribution in [0.4, 0.5) is 0 Å². The zero-order chi connectivity index (χ0) is 9.03. The van der Waals surface area contributed by atoms with Crippen molar-refractivity contribution in [3.05, 3.63) is 12.2 Å². The van der Waals surface area contributed by atoms with Crippen molar-refractivity contribution >= 4 is 0 Å². The van der Waals surface area contributed by atoms with Gasteiger partial charge in [-0.25, -0.2) is 0 Å². The molecule has 0 saturated carbocycles. The van der Waals surface area contributed by atoms with Gasteiger partial charge >= 0.3 is 0 Å². The van der Waals surface area contributed by atoms with Gasteiger partial charge in [-0.3, -0.25) is 0 Å². The number of rotatable bonds is 4. The average Bonchev–Trinajstić information content (AvgIpc) is 2.35. The third kappa shape index (κ3) is 2.95. The molecule has 0 radical (unpaired) electrons. The molecule has 0 amide bonds. The second-order valence-corrected chi connectivity index (χ2v) is 4.12. The molecule has 70 valence electrons. The number of hydrogen-bond donors (Lipinski definition) is 2. The summed E-state index contributed by atoms with van der Waals surface area (Å²) in [7, 11) is 0. The van der Waals surface area contributed by atoms with E-state index in [1.807, 2.05) is 0 Å². The fourth-order valence-corrected chi connectivity index (χ4v) is 1.55. The van der Waals surface area contributed by atoms with E-state index in [2.05, 4.69) is 31.1 Å². The van der Waals surface area contributed by atoms with Crippen LogP contribution in [0.25, 0.3) is 0 Å². The van der Waals surface area contributed by atoms with Crippen LogP contribution in [-0.4, -0.2) is 25.2 Å². The minimum atomic E-state index is 0.329. The molecule has 2 nitrogen and oxygen atoms in total. The van der Waals surface area contributed by atoms with Crippen molar-refractivity contribution in [1.29, 1.82) is 0 Å². The van der Waals surface area contributed by atoms with Crippen LogP contribution in [0.5, 0.6) is 0 Å². The molecule has 0 bridgehead atoms. The summed E-state index contributed by atoms with van der Waals surface area (Å²) in [5.74, 6) is 0. The normalized spacial score (nSPS) is 29.2. The maximum absolute atomic E-state index is 3.89. The highest BCUT2D eigenvalue weighted by Gasteiger charge is 2.26. The second-order valence-electron chi connectivity index (χ2n) is 4.12. The molecule has 12 heavy (non-hydrogen) atoms. The molecule has 2 N–H and O–H groups in total. The highest BCUT2D eigenvalue weighted by molar-refractivity contribution is 4.94. The van der Waals surface area contributed by atoms with Gasteiger partial charge in [-0.2, -0.15) is 0 Å². The predicted octanol–water partition coefficient (Wildman–Crippen LogP) is 1.29. The first kappa shape index (κ1) is 9.75. The van der Waals surface area contributed by atoms with Gasteiger partial charge in [0.2, 0.25) is 0 Å². The molecule has 2 heteroatoms. The quantitative estimate of drug-likeness (QED) is 0.618. The van der Waals surface area contributed by atoms with Gasteiger partial charge < -0.3 is 10.6 Å². The molecule has 0 aliphatic carbocycles. The van der Waals surface area contributed by atoms with Gasteiger partial charge in [0.25, 0.3) is 0 Å². The van der Waals surface area contributed by atoms with Gasteiger partial charge in [-0.15, -0.1) is 6.58 Å². The van der Waals surface area contributed by atoms with E-state index in [1.54, 1.807) is 0 Å². The molecule has 1 aliphatic rings. The maximum Gasteiger partial charge on any atom is 0.0290 e. The van der Waals surface area contributed by atoms with Crippen LogP contribution >= 0.6 is 0 Å². The molecule has 0 aromatic rings. The lowest BCUT2D eigenvalue weighted by Crippen LogP contribution is -2.44. The second kappa shape index (κ2) is 4.06. The summed E-state index contributed by atoms with van der Waals surface area (Å²) in [4.78, 5) is 0. The van der Waals surface area contributed by atoms with E-state index in [0.29, 0.717) is 5.54 Å². The molecule has 1 fully saturated rings. The van der Waals surface area contributed by atoms with Gasteiger partial charge in [0.1, 0.15) is 0 Å². The van der Waals surface area contributed by atoms with Crippen molar-refractivity contribution in [2.24, 2.45) is 0 Å². The van der Waals surface area contributed by atoms with Crippen LogP contribution in [0.1, 0.15) is 26.7 Å². The van der Waals surface area contributed by atoms with E-state index < -0.39 is 0 Å². The summed E-state index contributed by atoms with van der Waals surface area (Å²) in [6.07, 6.45) is 2.33. The predicted molar refractivity (Wildman–Crippen MR) is 53.3 cm³/mol. The van der Waals surface area contributed by atoms with E-state index in [1.165, 1.54) is 12.0 Å². The van der Waals surface area contributed by atoms with E-state index in [-0.39, 0.29) is 0 Å². The number of nitrogens with one attached hydrogen (secondary N) is 2. The highest BCUT2D eigenvalue weighted by Crippen LogP contribution is 2.12. The molecule has 0 aromatic heterocycles. The molecule has 1 unspecified atom stereocenters. The summed E-state index contributed by atoms with van der Waals surface area (Å²) >= 11 is 0. The third-order valence-corrected chi connectivity index (χ3v) is 2.47. The first-order chi connectivity index (χ1) is 5.62. The third-order valence-electron chi connectivity index (χ3n) is 2.47. The minimum absolute atomic E-state index is 0.329. The molecule has 1 heterocycles. The van der Waals surface area contributed by atoms with Crippen molar-refractivity contribution in [1.82, 2.24) is 10.6 Å². The lowest BCUT2D eigenvalue weighted by atomic mass is 10.0. The Balaban J connectivity index is 2.17. The molecule has 1 rings (SSSR count). The largest absolute Gasteiger partial charge is 0.315 e. The van der Waals surface area contributed by atoms with E-state index in [4.69, 9.17) is 0 Å². The monoisotopic (exact) mass is 168 g/mol. The van der Waals surface area contributed by atoms with Gasteiger partial charge in [-0.1, -0.05) is 5.57 Å². The van der Waals surface area contributed by atoms with Crippen LogP contribution in [0.2, 0.25) is 0 Å². The smallest absolute Gasteiger partial charge is 0.0290 e. The molecule has 1 aliphatic heterocycles. The number of hydrogen-bond acceptors (Lipinski definition) is 2. The Bertz CT molecular complexity index is 157. The zero-order valence-electron chi connectivity index (χ0n) is 8.24. The SMILES string of the molecule is C=C(C)CCNC1(C)CCNC1. The molecular formula is C10H20N2. The summed E-state index contributed by atoms with van der Waals surface area (Å²) in [6.45, 7) is 11.6. The fourth-order valence-electron chi connectivity index (χ4n) is 1.55. The Morgan fingerprint density at radius 3 is 2.92 bits per heavy atom.